The Kier molecular flexibility index (Phi) is 3.58. The summed E-state index contributed by atoms with van der Waals surface area (Å²) < 4.78 is 11.7. The van der Waals surface area contributed by atoms with Crippen molar-refractivity contribution in [1.29, 1.82) is 5.26 Å². The van der Waals surface area contributed by atoms with Gasteiger partial charge in [-0.1, -0.05) is 0 Å². The van der Waals surface area contributed by atoms with Crippen molar-refractivity contribution in [2.45, 2.75) is 31.7 Å². The smallest absolute Gasteiger partial charge is 0.214 e. The van der Waals surface area contributed by atoms with Gasteiger partial charge < -0.3 is 19.7 Å². The number of aliphatic hydroxyl groups is 1. The first-order valence-electron chi connectivity index (χ1n) is 7.13. The number of nitriles is 1. The number of nitrogens with zero attached hydrogens (tertiary/aromatic N) is 2. The van der Waals surface area contributed by atoms with E-state index in [0.717, 1.165) is 0 Å². The molecular formula is C17H16N2O4. The van der Waals surface area contributed by atoms with Crippen LogP contribution in [0.25, 0.3) is 0 Å². The van der Waals surface area contributed by atoms with Gasteiger partial charge in [0.2, 0.25) is 5.88 Å². The molecule has 2 N–H and O–H groups in total. The van der Waals surface area contributed by atoms with Crippen LogP contribution in [0.15, 0.2) is 36.5 Å². The van der Waals surface area contributed by atoms with Gasteiger partial charge in [-0.05, 0) is 38.1 Å². The Bertz CT molecular complexity index is 782. The number of aliphatic hydroxyl groups excluding tert-OH is 1. The zero-order valence-corrected chi connectivity index (χ0v) is 12.7. The quantitative estimate of drug-likeness (QED) is 0.883. The number of fused-ring (bicyclic) bond motifs is 1. The van der Waals surface area contributed by atoms with E-state index >= 15 is 0 Å². The van der Waals surface area contributed by atoms with Crippen LogP contribution in [0.5, 0.6) is 17.4 Å². The monoisotopic (exact) mass is 312 g/mol. The third-order valence-corrected chi connectivity index (χ3v) is 3.80. The van der Waals surface area contributed by atoms with Gasteiger partial charge in [0, 0.05) is 17.8 Å². The Morgan fingerprint density at radius 1 is 1.30 bits per heavy atom. The molecule has 1 aliphatic heterocycles. The van der Waals surface area contributed by atoms with Crippen LogP contribution in [0.3, 0.4) is 0 Å². The summed E-state index contributed by atoms with van der Waals surface area (Å²) in [6.07, 6.45) is -0.281. The summed E-state index contributed by atoms with van der Waals surface area (Å²) >= 11 is 0. The van der Waals surface area contributed by atoms with Gasteiger partial charge in [0.15, 0.2) is 6.10 Å². The molecule has 0 aliphatic carbocycles. The minimum absolute atomic E-state index is 0.172. The third-order valence-electron chi connectivity index (χ3n) is 3.80. The van der Waals surface area contributed by atoms with E-state index in [2.05, 4.69) is 11.1 Å². The van der Waals surface area contributed by atoms with Crippen LogP contribution in [0.4, 0.5) is 0 Å². The van der Waals surface area contributed by atoms with Gasteiger partial charge in [-0.3, -0.25) is 0 Å². The lowest BCUT2D eigenvalue weighted by molar-refractivity contribution is -0.103. The summed E-state index contributed by atoms with van der Waals surface area (Å²) in [5.74, 6) is 0.754. The molecule has 23 heavy (non-hydrogen) atoms. The number of pyridine rings is 1. The lowest BCUT2D eigenvalue weighted by Gasteiger charge is -2.41. The summed E-state index contributed by atoms with van der Waals surface area (Å²) in [4.78, 5) is 3.70. The maximum atomic E-state index is 10.6. The molecule has 2 heterocycles. The second kappa shape index (κ2) is 5.45. The molecule has 2 atom stereocenters. The summed E-state index contributed by atoms with van der Waals surface area (Å²) in [5.41, 5.74) is 0.179. The second-order valence-electron chi connectivity index (χ2n) is 5.90. The lowest BCUT2D eigenvalue weighted by atomic mass is 9.87. The summed E-state index contributed by atoms with van der Waals surface area (Å²) in [6, 6.07) is 10.0. The van der Waals surface area contributed by atoms with Gasteiger partial charge >= 0.3 is 0 Å². The minimum Gasteiger partial charge on any atom is -0.493 e. The Hall–Kier alpha value is -2.78. The van der Waals surface area contributed by atoms with Gasteiger partial charge in [-0.2, -0.15) is 5.26 Å². The van der Waals surface area contributed by atoms with Crippen molar-refractivity contribution in [2.75, 3.05) is 0 Å². The van der Waals surface area contributed by atoms with Crippen molar-refractivity contribution in [3.05, 3.63) is 47.7 Å². The molecule has 0 saturated carbocycles. The molecular weight excluding hydrogens is 296 g/mol. The molecule has 2 unspecified atom stereocenters. The predicted octanol–water partition coefficient (Wildman–Crippen LogP) is 2.31. The van der Waals surface area contributed by atoms with Crippen LogP contribution >= 0.6 is 0 Å². The van der Waals surface area contributed by atoms with Crippen LogP contribution in [0.2, 0.25) is 0 Å². The van der Waals surface area contributed by atoms with E-state index in [1.807, 2.05) is 0 Å². The molecule has 0 amide bonds. The molecule has 3 rings (SSSR count). The highest BCUT2D eigenvalue weighted by molar-refractivity contribution is 5.46. The van der Waals surface area contributed by atoms with Crippen LogP contribution in [0.1, 0.15) is 31.1 Å². The Balaban J connectivity index is 2.05. The average molecular weight is 312 g/mol. The first-order valence-corrected chi connectivity index (χ1v) is 7.13. The first-order chi connectivity index (χ1) is 10.9. The number of ether oxygens (including phenoxy) is 2. The Morgan fingerprint density at radius 3 is 2.78 bits per heavy atom. The van der Waals surface area contributed by atoms with Crippen molar-refractivity contribution in [3.63, 3.8) is 0 Å². The Labute approximate surface area is 133 Å². The lowest BCUT2D eigenvalue weighted by Crippen LogP contribution is -2.50. The number of aromatic nitrogens is 1. The van der Waals surface area contributed by atoms with Gasteiger partial charge in [0.05, 0.1) is 11.6 Å². The predicted molar refractivity (Wildman–Crippen MR) is 81.1 cm³/mol. The van der Waals surface area contributed by atoms with Crippen LogP contribution in [-0.2, 0) is 0 Å². The van der Waals surface area contributed by atoms with Crippen LogP contribution < -0.4 is 9.47 Å². The number of rotatable bonds is 2. The molecule has 0 spiro atoms. The molecule has 1 aromatic heterocycles. The van der Waals surface area contributed by atoms with Crippen molar-refractivity contribution >= 4 is 0 Å². The molecule has 118 valence electrons. The van der Waals surface area contributed by atoms with Crippen molar-refractivity contribution in [2.24, 2.45) is 0 Å². The highest BCUT2D eigenvalue weighted by atomic mass is 16.5. The second-order valence-corrected chi connectivity index (χ2v) is 5.90. The molecule has 6 heteroatoms. The molecule has 1 aliphatic rings. The fraction of sp³-hybridized carbons (Fsp3) is 0.294. The number of hydrogen-bond acceptors (Lipinski definition) is 6. The van der Waals surface area contributed by atoms with E-state index in [1.165, 1.54) is 12.3 Å². The van der Waals surface area contributed by atoms with Gasteiger partial charge in [0.25, 0.3) is 0 Å². The maximum absolute atomic E-state index is 10.6. The highest BCUT2D eigenvalue weighted by Gasteiger charge is 2.44. The first kappa shape index (κ1) is 15.1. The molecule has 6 nitrogen and oxygen atoms in total. The summed E-state index contributed by atoms with van der Waals surface area (Å²) in [5, 5.41) is 29.2. The zero-order chi connectivity index (χ0) is 16.6. The largest absolute Gasteiger partial charge is 0.493 e. The molecule has 0 fully saturated rings. The minimum atomic E-state index is -0.959. The fourth-order valence-electron chi connectivity index (χ4n) is 2.56. The van der Waals surface area contributed by atoms with Crippen molar-refractivity contribution in [1.82, 2.24) is 4.98 Å². The van der Waals surface area contributed by atoms with Gasteiger partial charge in [-0.15, -0.1) is 0 Å². The molecule has 0 radical (unpaired) electrons. The highest BCUT2D eigenvalue weighted by Crippen LogP contribution is 2.42. The average Bonchev–Trinajstić information content (AvgIpc) is 2.51. The molecule has 1 aromatic carbocycles. The standard InChI is InChI=1S/C17H16N2O4/c1-17(2)16(21)15(22-11-5-6-19-14(20)8-11)12-7-10(9-18)3-4-13(12)23-17/h3-8,15-16,21H,1-2H3,(H,19,20). The molecule has 0 saturated heterocycles. The fourth-order valence-corrected chi connectivity index (χ4v) is 2.56. The topological polar surface area (TPSA) is 95.6 Å². The molecule has 0 bridgehead atoms. The van der Waals surface area contributed by atoms with E-state index in [-0.39, 0.29) is 5.88 Å². The Morgan fingerprint density at radius 2 is 2.09 bits per heavy atom. The maximum Gasteiger partial charge on any atom is 0.214 e. The van der Waals surface area contributed by atoms with Crippen molar-refractivity contribution in [3.8, 4) is 23.4 Å². The normalized spacial score (nSPS) is 21.7. The zero-order valence-electron chi connectivity index (χ0n) is 12.7. The molecule has 2 aromatic rings. The van der Waals surface area contributed by atoms with Crippen LogP contribution in [-0.4, -0.2) is 26.9 Å². The number of benzene rings is 1. The summed E-state index contributed by atoms with van der Waals surface area (Å²) in [6.45, 7) is 3.53. The van der Waals surface area contributed by atoms with E-state index in [0.29, 0.717) is 22.6 Å². The number of hydrogen-bond donors (Lipinski definition) is 2. The van der Waals surface area contributed by atoms with E-state index in [4.69, 9.17) is 14.7 Å². The van der Waals surface area contributed by atoms with E-state index < -0.39 is 17.8 Å². The SMILES string of the molecule is CC1(C)Oc2ccc(C#N)cc2C(Oc2ccnc(O)c2)C1O. The van der Waals surface area contributed by atoms with Crippen molar-refractivity contribution < 1.29 is 19.7 Å². The third kappa shape index (κ3) is 2.79. The number of aromatic hydroxyl groups is 1. The van der Waals surface area contributed by atoms with Gasteiger partial charge in [0.1, 0.15) is 23.2 Å². The van der Waals surface area contributed by atoms with Gasteiger partial charge in [-0.25, -0.2) is 4.98 Å². The van der Waals surface area contributed by atoms with E-state index in [1.54, 1.807) is 38.1 Å². The van der Waals surface area contributed by atoms with E-state index in [9.17, 15) is 10.2 Å². The summed E-state index contributed by atoms with van der Waals surface area (Å²) in [7, 11) is 0. The van der Waals surface area contributed by atoms with Crippen LogP contribution in [0, 0.1) is 11.3 Å².